The van der Waals surface area contributed by atoms with Gasteiger partial charge in [-0.1, -0.05) is 0 Å². The van der Waals surface area contributed by atoms with Crippen LogP contribution in [-0.4, -0.2) is 40.2 Å². The molecular weight excluding hydrogens is 234 g/mol. The summed E-state index contributed by atoms with van der Waals surface area (Å²) >= 11 is 0. The second kappa shape index (κ2) is 6.02. The van der Waals surface area contributed by atoms with E-state index in [1.807, 2.05) is 0 Å². The topological polar surface area (TPSA) is 96.5 Å². The number of rotatable bonds is 5. The Bertz CT molecular complexity index is 324. The predicted octanol–water partition coefficient (Wildman–Crippen LogP) is -0.681. The molecular formula is C8H17N3O4S. The number of hydrogen-bond acceptors (Lipinski definition) is 5. The minimum absolute atomic E-state index is 0.130. The van der Waals surface area contributed by atoms with Crippen LogP contribution in [0.4, 0.5) is 4.79 Å². The molecule has 1 fully saturated rings. The lowest BCUT2D eigenvalue weighted by molar-refractivity contribution is 0.158. The fraction of sp³-hybridized carbons (Fsp3) is 0.875. The summed E-state index contributed by atoms with van der Waals surface area (Å²) in [6.07, 6.45) is 1.01. The summed E-state index contributed by atoms with van der Waals surface area (Å²) in [6, 6.07) is 0.138. The molecule has 0 aromatic rings. The number of hydrogen-bond donors (Lipinski definition) is 3. The molecule has 0 spiro atoms. The Balaban J connectivity index is 2.30. The van der Waals surface area contributed by atoms with Crippen LogP contribution in [0.1, 0.15) is 19.8 Å². The van der Waals surface area contributed by atoms with E-state index in [9.17, 15) is 13.2 Å². The fourth-order valence-electron chi connectivity index (χ4n) is 1.45. The molecule has 0 aromatic heterocycles. The van der Waals surface area contributed by atoms with Crippen molar-refractivity contribution in [1.29, 1.82) is 0 Å². The van der Waals surface area contributed by atoms with Crippen molar-refractivity contribution in [2.75, 3.05) is 19.7 Å². The molecule has 1 aliphatic rings. The van der Waals surface area contributed by atoms with Crippen molar-refractivity contribution in [3.63, 3.8) is 0 Å². The molecule has 7 nitrogen and oxygen atoms in total. The molecule has 1 unspecified atom stereocenters. The van der Waals surface area contributed by atoms with Crippen LogP contribution in [0.25, 0.3) is 0 Å². The minimum Gasteiger partial charge on any atom is -0.449 e. The van der Waals surface area contributed by atoms with Crippen LogP contribution in [0.2, 0.25) is 0 Å². The van der Waals surface area contributed by atoms with Crippen molar-refractivity contribution in [2.24, 2.45) is 0 Å². The van der Waals surface area contributed by atoms with Crippen LogP contribution in [0.5, 0.6) is 0 Å². The Morgan fingerprint density at radius 1 is 1.56 bits per heavy atom. The van der Waals surface area contributed by atoms with Gasteiger partial charge in [0.05, 0.1) is 6.61 Å². The van der Waals surface area contributed by atoms with Crippen molar-refractivity contribution in [3.8, 4) is 0 Å². The second-order valence-corrected chi connectivity index (χ2v) is 4.97. The van der Waals surface area contributed by atoms with Crippen LogP contribution >= 0.6 is 0 Å². The van der Waals surface area contributed by atoms with Gasteiger partial charge in [-0.25, -0.2) is 9.52 Å². The lowest BCUT2D eigenvalue weighted by Crippen LogP contribution is -2.45. The Morgan fingerprint density at radius 3 is 2.88 bits per heavy atom. The molecule has 94 valence electrons. The van der Waals surface area contributed by atoms with Gasteiger partial charge in [0.15, 0.2) is 0 Å². The minimum atomic E-state index is -3.81. The number of carbonyl (C=O) groups is 1. The quantitative estimate of drug-likeness (QED) is 0.601. The molecule has 0 aromatic carbocycles. The third-order valence-electron chi connectivity index (χ3n) is 2.18. The molecule has 0 radical (unpaired) electrons. The van der Waals surface area contributed by atoms with Gasteiger partial charge in [0.25, 0.3) is 0 Å². The number of ether oxygens (including phenoxy) is 1. The highest BCUT2D eigenvalue weighted by molar-refractivity contribution is 7.88. The van der Waals surface area contributed by atoms with E-state index in [0.29, 0.717) is 0 Å². The summed E-state index contributed by atoms with van der Waals surface area (Å²) in [4.78, 5) is 10.9. The van der Waals surface area contributed by atoms with Gasteiger partial charge in [0.1, 0.15) is 0 Å². The van der Waals surface area contributed by atoms with Crippen LogP contribution in [0, 0.1) is 0 Å². The van der Waals surface area contributed by atoms with E-state index < -0.39 is 16.3 Å². The SMILES string of the molecule is CCOC(=O)NS(=O)(=O)NCC1CCCN1. The highest BCUT2D eigenvalue weighted by Crippen LogP contribution is 2.03. The molecule has 1 heterocycles. The third kappa shape index (κ3) is 4.77. The number of nitrogens with one attached hydrogen (secondary N) is 3. The predicted molar refractivity (Wildman–Crippen MR) is 58.1 cm³/mol. The van der Waals surface area contributed by atoms with Gasteiger partial charge in [-0.2, -0.15) is 13.1 Å². The van der Waals surface area contributed by atoms with Crippen LogP contribution < -0.4 is 14.8 Å². The van der Waals surface area contributed by atoms with Crippen molar-refractivity contribution < 1.29 is 17.9 Å². The van der Waals surface area contributed by atoms with Gasteiger partial charge < -0.3 is 10.1 Å². The summed E-state index contributed by atoms with van der Waals surface area (Å²) in [6.45, 7) is 2.90. The molecule has 1 rings (SSSR count). The summed E-state index contributed by atoms with van der Waals surface area (Å²) < 4.78 is 31.1. The molecule has 1 aliphatic heterocycles. The largest absolute Gasteiger partial charge is 0.449 e. The van der Waals surface area contributed by atoms with E-state index >= 15 is 0 Å². The van der Waals surface area contributed by atoms with E-state index in [1.54, 1.807) is 11.6 Å². The Morgan fingerprint density at radius 2 is 2.31 bits per heavy atom. The molecule has 1 amide bonds. The monoisotopic (exact) mass is 251 g/mol. The van der Waals surface area contributed by atoms with E-state index in [2.05, 4.69) is 14.8 Å². The van der Waals surface area contributed by atoms with Gasteiger partial charge in [0.2, 0.25) is 0 Å². The van der Waals surface area contributed by atoms with Gasteiger partial charge in [-0.05, 0) is 26.3 Å². The van der Waals surface area contributed by atoms with Gasteiger partial charge in [0, 0.05) is 12.6 Å². The smallest absolute Gasteiger partial charge is 0.421 e. The van der Waals surface area contributed by atoms with E-state index in [0.717, 1.165) is 19.4 Å². The molecule has 0 aliphatic carbocycles. The molecule has 1 atom stereocenters. The highest BCUT2D eigenvalue weighted by Gasteiger charge is 2.19. The Labute approximate surface area is 95.1 Å². The molecule has 0 saturated carbocycles. The van der Waals surface area contributed by atoms with Crippen molar-refractivity contribution in [1.82, 2.24) is 14.8 Å². The maximum atomic E-state index is 11.3. The first kappa shape index (κ1) is 13.2. The second-order valence-electron chi connectivity index (χ2n) is 3.47. The summed E-state index contributed by atoms with van der Waals surface area (Å²) in [5, 5.41) is 3.14. The number of amides is 1. The average Bonchev–Trinajstić information content (AvgIpc) is 2.66. The Hall–Kier alpha value is -0.860. The van der Waals surface area contributed by atoms with E-state index in [1.165, 1.54) is 0 Å². The lowest BCUT2D eigenvalue weighted by atomic mass is 10.2. The van der Waals surface area contributed by atoms with E-state index in [-0.39, 0.29) is 19.2 Å². The zero-order chi connectivity index (χ0) is 12.0. The van der Waals surface area contributed by atoms with Crippen LogP contribution in [0.15, 0.2) is 0 Å². The van der Waals surface area contributed by atoms with Gasteiger partial charge in [-0.3, -0.25) is 0 Å². The average molecular weight is 251 g/mol. The maximum Gasteiger partial charge on any atom is 0.421 e. The van der Waals surface area contributed by atoms with Crippen molar-refractivity contribution in [2.45, 2.75) is 25.8 Å². The van der Waals surface area contributed by atoms with Crippen LogP contribution in [0.3, 0.4) is 0 Å². The van der Waals surface area contributed by atoms with Crippen molar-refractivity contribution >= 4 is 16.3 Å². The third-order valence-corrected chi connectivity index (χ3v) is 3.16. The lowest BCUT2D eigenvalue weighted by Gasteiger charge is -2.12. The summed E-state index contributed by atoms with van der Waals surface area (Å²) in [5.41, 5.74) is 0. The summed E-state index contributed by atoms with van der Waals surface area (Å²) in [5.74, 6) is 0. The first-order chi connectivity index (χ1) is 7.53. The van der Waals surface area contributed by atoms with Gasteiger partial charge in [-0.15, -0.1) is 0 Å². The first-order valence-corrected chi connectivity index (χ1v) is 6.69. The van der Waals surface area contributed by atoms with Crippen molar-refractivity contribution in [3.05, 3.63) is 0 Å². The van der Waals surface area contributed by atoms with Crippen LogP contribution in [-0.2, 0) is 14.9 Å². The molecule has 3 N–H and O–H groups in total. The van der Waals surface area contributed by atoms with E-state index in [4.69, 9.17) is 0 Å². The zero-order valence-corrected chi connectivity index (χ0v) is 9.97. The molecule has 0 bridgehead atoms. The fourth-order valence-corrected chi connectivity index (χ4v) is 2.22. The van der Waals surface area contributed by atoms with Gasteiger partial charge >= 0.3 is 16.3 Å². The zero-order valence-electron chi connectivity index (χ0n) is 9.15. The highest BCUT2D eigenvalue weighted by atomic mass is 32.2. The molecule has 1 saturated heterocycles. The Kier molecular flexibility index (Phi) is 4.97. The molecule has 16 heavy (non-hydrogen) atoms. The first-order valence-electron chi connectivity index (χ1n) is 5.21. The molecule has 8 heteroatoms. The maximum absolute atomic E-state index is 11.3. The standard InChI is InChI=1S/C8H17N3O4S/c1-2-15-8(12)11-16(13,14)10-6-7-4-3-5-9-7/h7,9-10H,2-6H2,1H3,(H,11,12). The normalized spacial score (nSPS) is 20.7. The summed E-state index contributed by atoms with van der Waals surface area (Å²) in [7, 11) is -3.81. The number of carbonyl (C=O) groups excluding carboxylic acids is 1.